The topological polar surface area (TPSA) is 78.2 Å². The van der Waals surface area contributed by atoms with E-state index in [2.05, 4.69) is 27.6 Å². The monoisotopic (exact) mass is 536 g/mol. The predicted octanol–water partition coefficient (Wildman–Crippen LogP) is 6.71. The van der Waals surface area contributed by atoms with Crippen LogP contribution in [0.1, 0.15) is 36.1 Å². The van der Waals surface area contributed by atoms with Crippen molar-refractivity contribution in [2.75, 3.05) is 16.9 Å². The maximum atomic E-state index is 15.5. The number of benzene rings is 1. The van der Waals surface area contributed by atoms with E-state index < -0.39 is 17.0 Å². The highest BCUT2D eigenvalue weighted by Gasteiger charge is 2.40. The number of nitrogens with zero attached hydrogens (tertiary/aromatic N) is 6. The van der Waals surface area contributed by atoms with Gasteiger partial charge >= 0.3 is 0 Å². The molecule has 1 fully saturated rings. The summed E-state index contributed by atoms with van der Waals surface area (Å²) in [4.78, 5) is 16.8. The fourth-order valence-corrected chi connectivity index (χ4v) is 5.36. The minimum atomic E-state index is -0.807. The van der Waals surface area contributed by atoms with Gasteiger partial charge in [0.15, 0.2) is 17.4 Å². The molecule has 0 unspecified atom stereocenters. The van der Waals surface area contributed by atoms with E-state index in [1.165, 1.54) is 18.1 Å². The van der Waals surface area contributed by atoms with Gasteiger partial charge in [-0.05, 0) is 68.1 Å². The quantitative estimate of drug-likeness (QED) is 0.281. The molecule has 4 heterocycles. The summed E-state index contributed by atoms with van der Waals surface area (Å²) in [6.45, 7) is 5.95. The third-order valence-electron chi connectivity index (χ3n) is 7.79. The summed E-state index contributed by atoms with van der Waals surface area (Å²) in [7, 11) is 1.35. The number of fused-ring (bicyclic) bond motifs is 1. The molecule has 9 heteroatoms. The number of anilines is 3. The number of aryl methyl sites for hydroxylation is 1. The van der Waals surface area contributed by atoms with E-state index >= 15 is 8.78 Å². The summed E-state index contributed by atoms with van der Waals surface area (Å²) in [6, 6.07) is 13.1. The lowest BCUT2D eigenvalue weighted by atomic mass is 9.67. The van der Waals surface area contributed by atoms with Crippen molar-refractivity contribution in [3.63, 3.8) is 0 Å². The second-order valence-corrected chi connectivity index (χ2v) is 10.1. The van der Waals surface area contributed by atoms with Crippen LogP contribution in [-0.2, 0) is 12.0 Å². The zero-order valence-electron chi connectivity index (χ0n) is 22.2. The van der Waals surface area contributed by atoms with Crippen LogP contribution < -0.4 is 14.5 Å². The van der Waals surface area contributed by atoms with Crippen molar-refractivity contribution in [1.29, 1.82) is 5.26 Å². The van der Waals surface area contributed by atoms with Gasteiger partial charge in [0.1, 0.15) is 11.5 Å². The molecule has 0 amide bonds. The molecule has 40 heavy (non-hydrogen) atoms. The standard InChI is InChI=1S/C31H26F2N6O/c1-19-12-26(40-3)29(33)30(28(19)32)38-17-22-15-36-24(13-25(22)39(20(38)2)23-6-4-11-35-16-23)21-7-8-27(37-14-21)31(18-34)9-5-10-31/h4,6-8,11-16H,2,5,9-10,17H2,1,3H3. The number of aromatic nitrogens is 3. The number of methoxy groups -OCH3 is 1. The Morgan fingerprint density at radius 2 is 1.90 bits per heavy atom. The minimum Gasteiger partial charge on any atom is -0.494 e. The molecule has 1 saturated carbocycles. The molecule has 0 radical (unpaired) electrons. The number of nitriles is 1. The largest absolute Gasteiger partial charge is 0.494 e. The Balaban J connectivity index is 1.45. The van der Waals surface area contributed by atoms with Crippen molar-refractivity contribution in [3.05, 3.63) is 102 Å². The number of ether oxygens (including phenoxy) is 1. The summed E-state index contributed by atoms with van der Waals surface area (Å²) in [6.07, 6.45) is 9.42. The van der Waals surface area contributed by atoms with Gasteiger partial charge in [-0.15, -0.1) is 0 Å². The zero-order valence-corrected chi connectivity index (χ0v) is 22.2. The Morgan fingerprint density at radius 3 is 2.52 bits per heavy atom. The minimum absolute atomic E-state index is 0.0510. The van der Waals surface area contributed by atoms with Gasteiger partial charge < -0.3 is 9.64 Å². The van der Waals surface area contributed by atoms with E-state index in [4.69, 9.17) is 4.74 Å². The van der Waals surface area contributed by atoms with Gasteiger partial charge in [-0.2, -0.15) is 5.26 Å². The van der Waals surface area contributed by atoms with Gasteiger partial charge in [0.05, 0.1) is 54.1 Å². The third kappa shape index (κ3) is 3.95. The molecule has 0 N–H and O–H groups in total. The van der Waals surface area contributed by atoms with E-state index in [-0.39, 0.29) is 23.5 Å². The molecule has 0 spiro atoms. The average molecular weight is 537 g/mol. The molecule has 6 rings (SSSR count). The van der Waals surface area contributed by atoms with Gasteiger partial charge in [-0.25, -0.2) is 8.78 Å². The summed E-state index contributed by atoms with van der Waals surface area (Å²) >= 11 is 0. The van der Waals surface area contributed by atoms with Gasteiger partial charge in [0.25, 0.3) is 0 Å². The normalized spacial score (nSPS) is 15.7. The van der Waals surface area contributed by atoms with Crippen LogP contribution in [-0.4, -0.2) is 22.1 Å². The van der Waals surface area contributed by atoms with Crippen LogP contribution in [0.25, 0.3) is 11.3 Å². The summed E-state index contributed by atoms with van der Waals surface area (Å²) < 4.78 is 36.1. The molecule has 4 aromatic rings. The van der Waals surface area contributed by atoms with Crippen LogP contribution in [0.3, 0.4) is 0 Å². The highest BCUT2D eigenvalue weighted by molar-refractivity contribution is 5.80. The first kappa shape index (κ1) is 25.4. The molecule has 1 aromatic carbocycles. The molecular formula is C31H26F2N6O. The lowest BCUT2D eigenvalue weighted by Crippen LogP contribution is -2.38. The average Bonchev–Trinajstić information content (AvgIpc) is 2.96. The molecule has 2 aliphatic rings. The molecule has 200 valence electrons. The van der Waals surface area contributed by atoms with Crippen molar-refractivity contribution >= 4 is 17.1 Å². The van der Waals surface area contributed by atoms with Crippen LogP contribution in [0.2, 0.25) is 0 Å². The fourth-order valence-electron chi connectivity index (χ4n) is 5.36. The van der Waals surface area contributed by atoms with Crippen molar-refractivity contribution in [2.24, 2.45) is 0 Å². The van der Waals surface area contributed by atoms with Crippen LogP contribution in [0.4, 0.5) is 25.8 Å². The highest BCUT2D eigenvalue weighted by Crippen LogP contribution is 2.45. The van der Waals surface area contributed by atoms with Crippen molar-refractivity contribution < 1.29 is 13.5 Å². The number of pyridine rings is 3. The SMILES string of the molecule is C=C1N(c2c(F)c(C)cc(OC)c2F)Cc2cnc(-c3ccc(C4(C#N)CCC4)nc3)cc2N1c1cccnc1. The van der Waals surface area contributed by atoms with Crippen molar-refractivity contribution in [2.45, 2.75) is 38.1 Å². The molecule has 3 aromatic heterocycles. The Labute approximate surface area is 231 Å². The summed E-state index contributed by atoms with van der Waals surface area (Å²) in [5.74, 6) is -1.20. The highest BCUT2D eigenvalue weighted by atomic mass is 19.1. The first-order chi connectivity index (χ1) is 19.4. The molecule has 1 aliphatic carbocycles. The maximum Gasteiger partial charge on any atom is 0.191 e. The van der Waals surface area contributed by atoms with E-state index in [1.807, 2.05) is 29.2 Å². The number of rotatable bonds is 5. The Bertz CT molecular complexity index is 1660. The Kier molecular flexibility index (Phi) is 6.18. The first-order valence-electron chi connectivity index (χ1n) is 12.9. The Morgan fingerprint density at radius 1 is 1.07 bits per heavy atom. The third-order valence-corrected chi connectivity index (χ3v) is 7.79. The van der Waals surface area contributed by atoms with Crippen molar-refractivity contribution in [3.8, 4) is 23.1 Å². The van der Waals surface area contributed by atoms with Gasteiger partial charge in [0, 0.05) is 29.7 Å². The van der Waals surface area contributed by atoms with Crippen LogP contribution in [0.15, 0.2) is 73.6 Å². The fraction of sp³-hybridized carbons (Fsp3) is 0.226. The van der Waals surface area contributed by atoms with E-state index in [0.29, 0.717) is 17.2 Å². The smallest absolute Gasteiger partial charge is 0.191 e. The van der Waals surface area contributed by atoms with Crippen LogP contribution >= 0.6 is 0 Å². The summed E-state index contributed by atoms with van der Waals surface area (Å²) in [5, 5.41) is 9.67. The molecule has 1 aliphatic heterocycles. The number of hydrogen-bond donors (Lipinski definition) is 0. The Hall–Kier alpha value is -4.84. The lowest BCUT2D eigenvalue weighted by Gasteiger charge is -2.41. The molecular weight excluding hydrogens is 510 g/mol. The number of hydrogen-bond acceptors (Lipinski definition) is 7. The lowest BCUT2D eigenvalue weighted by molar-refractivity contribution is 0.316. The van der Waals surface area contributed by atoms with Gasteiger partial charge in [-0.3, -0.25) is 19.9 Å². The van der Waals surface area contributed by atoms with E-state index in [1.54, 1.807) is 37.8 Å². The van der Waals surface area contributed by atoms with E-state index in [9.17, 15) is 5.26 Å². The maximum absolute atomic E-state index is 15.5. The van der Waals surface area contributed by atoms with Crippen molar-refractivity contribution in [1.82, 2.24) is 15.0 Å². The molecule has 0 atom stereocenters. The zero-order chi connectivity index (χ0) is 28.0. The first-order valence-corrected chi connectivity index (χ1v) is 12.9. The van der Waals surface area contributed by atoms with E-state index in [0.717, 1.165) is 41.8 Å². The molecule has 0 bridgehead atoms. The van der Waals surface area contributed by atoms with Crippen LogP contribution in [0.5, 0.6) is 5.75 Å². The van der Waals surface area contributed by atoms with Crippen LogP contribution in [0, 0.1) is 29.9 Å². The molecule has 7 nitrogen and oxygen atoms in total. The predicted molar refractivity (Wildman–Crippen MR) is 148 cm³/mol. The second-order valence-electron chi connectivity index (χ2n) is 10.1. The van der Waals surface area contributed by atoms with Gasteiger partial charge in [-0.1, -0.05) is 6.58 Å². The summed E-state index contributed by atoms with van der Waals surface area (Å²) in [5.41, 5.74) is 3.92. The number of halogens is 2. The second kappa shape index (κ2) is 9.72. The molecule has 0 saturated heterocycles. The van der Waals surface area contributed by atoms with Gasteiger partial charge in [0.2, 0.25) is 0 Å².